The summed E-state index contributed by atoms with van der Waals surface area (Å²) in [7, 11) is 1.61. The number of aromatic nitrogens is 2. The molecule has 6 heteroatoms. The Labute approximate surface area is 87.4 Å². The summed E-state index contributed by atoms with van der Waals surface area (Å²) < 4.78 is 1.37. The van der Waals surface area contributed by atoms with Crippen LogP contribution in [0.5, 0.6) is 0 Å². The van der Waals surface area contributed by atoms with Crippen LogP contribution in [-0.4, -0.2) is 20.2 Å². The van der Waals surface area contributed by atoms with Gasteiger partial charge in [-0.15, -0.1) is 11.5 Å². The molecule has 1 aromatic rings. The van der Waals surface area contributed by atoms with Crippen molar-refractivity contribution < 1.29 is 4.92 Å². The Morgan fingerprint density at radius 3 is 2.80 bits per heavy atom. The molecule has 0 saturated heterocycles. The smallest absolute Gasteiger partial charge is 0.330 e. The summed E-state index contributed by atoms with van der Waals surface area (Å²) >= 11 is 0. The molecule has 1 rings (SSSR count). The van der Waals surface area contributed by atoms with Crippen LogP contribution in [0.3, 0.4) is 0 Å². The maximum Gasteiger partial charge on any atom is 0.330 e. The van der Waals surface area contributed by atoms with E-state index in [1.165, 1.54) is 10.9 Å². The van der Waals surface area contributed by atoms with E-state index in [0.29, 0.717) is 0 Å². The second-order valence-corrected chi connectivity index (χ2v) is 3.69. The molecule has 0 aliphatic carbocycles. The van der Waals surface area contributed by atoms with Crippen molar-refractivity contribution in [3.8, 4) is 12.3 Å². The summed E-state index contributed by atoms with van der Waals surface area (Å²) in [4.78, 5) is 10.2. The van der Waals surface area contributed by atoms with Gasteiger partial charge in [0.2, 0.25) is 5.82 Å². The van der Waals surface area contributed by atoms with Crippen LogP contribution in [0.4, 0.5) is 11.5 Å². The number of anilines is 1. The van der Waals surface area contributed by atoms with Gasteiger partial charge < -0.3 is 5.32 Å². The fourth-order valence-corrected chi connectivity index (χ4v) is 1.03. The molecule has 0 saturated carbocycles. The molecule has 1 aromatic heterocycles. The first-order chi connectivity index (χ1) is 6.85. The minimum Gasteiger partial charge on any atom is -0.347 e. The lowest BCUT2D eigenvalue weighted by Crippen LogP contribution is -2.29. The van der Waals surface area contributed by atoms with Crippen molar-refractivity contribution in [1.82, 2.24) is 9.78 Å². The van der Waals surface area contributed by atoms with Gasteiger partial charge in [0, 0.05) is 7.05 Å². The Morgan fingerprint density at radius 1 is 1.73 bits per heavy atom. The maximum absolute atomic E-state index is 10.7. The zero-order chi connectivity index (χ0) is 11.6. The average molecular weight is 208 g/mol. The van der Waals surface area contributed by atoms with Crippen molar-refractivity contribution in [3.05, 3.63) is 16.3 Å². The molecule has 0 amide bonds. The van der Waals surface area contributed by atoms with Gasteiger partial charge in [-0.05, 0) is 13.8 Å². The molecule has 1 heterocycles. The highest BCUT2D eigenvalue weighted by atomic mass is 16.6. The molecule has 1 N–H and O–H groups in total. The first-order valence-corrected chi connectivity index (χ1v) is 4.30. The van der Waals surface area contributed by atoms with Crippen molar-refractivity contribution in [2.24, 2.45) is 7.05 Å². The number of nitro groups is 1. The molecule has 0 unspecified atom stereocenters. The highest BCUT2D eigenvalue weighted by Gasteiger charge is 2.23. The van der Waals surface area contributed by atoms with Gasteiger partial charge in [-0.2, -0.15) is 0 Å². The SMILES string of the molecule is C#CC(C)(C)Nc1nn(C)cc1[N+](=O)[O-]. The predicted molar refractivity (Wildman–Crippen MR) is 56.4 cm³/mol. The van der Waals surface area contributed by atoms with Crippen molar-refractivity contribution in [1.29, 1.82) is 0 Å². The molecule has 6 nitrogen and oxygen atoms in total. The van der Waals surface area contributed by atoms with Gasteiger partial charge in [0.1, 0.15) is 6.20 Å². The molecule has 0 bridgehead atoms. The molecule has 0 aliphatic heterocycles. The number of hydrogen-bond donors (Lipinski definition) is 1. The minimum absolute atomic E-state index is 0.0826. The molecule has 0 spiro atoms. The second kappa shape index (κ2) is 3.61. The number of hydrogen-bond acceptors (Lipinski definition) is 4. The van der Waals surface area contributed by atoms with E-state index in [-0.39, 0.29) is 11.5 Å². The largest absolute Gasteiger partial charge is 0.347 e. The van der Waals surface area contributed by atoms with Crippen LogP contribution in [0.1, 0.15) is 13.8 Å². The van der Waals surface area contributed by atoms with Gasteiger partial charge in [-0.3, -0.25) is 14.8 Å². The topological polar surface area (TPSA) is 73.0 Å². The molecule has 80 valence electrons. The Kier molecular flexibility index (Phi) is 2.66. The molecule has 0 atom stereocenters. The summed E-state index contributed by atoms with van der Waals surface area (Å²) in [5, 5.41) is 17.4. The van der Waals surface area contributed by atoms with Crippen molar-refractivity contribution in [3.63, 3.8) is 0 Å². The highest BCUT2D eigenvalue weighted by molar-refractivity contribution is 5.57. The first-order valence-electron chi connectivity index (χ1n) is 4.30. The van der Waals surface area contributed by atoms with Gasteiger partial charge in [0.15, 0.2) is 0 Å². The molecular formula is C9H12N4O2. The van der Waals surface area contributed by atoms with Crippen molar-refractivity contribution in [2.75, 3.05) is 5.32 Å². The Bertz CT molecular complexity index is 428. The van der Waals surface area contributed by atoms with Crippen LogP contribution in [0.15, 0.2) is 6.20 Å². The first kappa shape index (κ1) is 11.0. The lowest BCUT2D eigenvalue weighted by Gasteiger charge is -2.18. The molecular weight excluding hydrogens is 196 g/mol. The number of nitrogens with one attached hydrogen (secondary N) is 1. The van der Waals surface area contributed by atoms with E-state index in [1.54, 1.807) is 20.9 Å². The fraction of sp³-hybridized carbons (Fsp3) is 0.444. The van der Waals surface area contributed by atoms with E-state index in [4.69, 9.17) is 6.42 Å². The highest BCUT2D eigenvalue weighted by Crippen LogP contribution is 2.24. The van der Waals surface area contributed by atoms with E-state index >= 15 is 0 Å². The summed E-state index contributed by atoms with van der Waals surface area (Å²) in [6.45, 7) is 3.48. The van der Waals surface area contributed by atoms with E-state index in [0.717, 1.165) is 0 Å². The predicted octanol–water partition coefficient (Wildman–Crippen LogP) is 1.15. The third-order valence-electron chi connectivity index (χ3n) is 1.80. The van der Waals surface area contributed by atoms with Crippen molar-refractivity contribution >= 4 is 11.5 Å². The number of nitrogens with zero attached hydrogens (tertiary/aromatic N) is 3. The molecule has 0 aliphatic rings. The number of rotatable bonds is 3. The van der Waals surface area contributed by atoms with E-state index < -0.39 is 10.5 Å². The van der Waals surface area contributed by atoms with Crippen molar-refractivity contribution in [2.45, 2.75) is 19.4 Å². The molecule has 15 heavy (non-hydrogen) atoms. The monoisotopic (exact) mass is 208 g/mol. The second-order valence-electron chi connectivity index (χ2n) is 3.69. The summed E-state index contributed by atoms with van der Waals surface area (Å²) in [6, 6.07) is 0. The van der Waals surface area contributed by atoms with Crippen LogP contribution < -0.4 is 5.32 Å². The van der Waals surface area contributed by atoms with Crippen LogP contribution in [-0.2, 0) is 7.05 Å². The lowest BCUT2D eigenvalue weighted by atomic mass is 10.1. The lowest BCUT2D eigenvalue weighted by molar-refractivity contribution is -0.384. The molecule has 0 aromatic carbocycles. The third kappa shape index (κ3) is 2.47. The normalized spacial score (nSPS) is 10.8. The van der Waals surface area contributed by atoms with E-state index in [1.807, 2.05) is 0 Å². The Morgan fingerprint density at radius 2 is 2.33 bits per heavy atom. The summed E-state index contributed by atoms with van der Waals surface area (Å²) in [5.41, 5.74) is -0.750. The van der Waals surface area contributed by atoms with Crippen LogP contribution in [0.25, 0.3) is 0 Å². The average Bonchev–Trinajstić information content (AvgIpc) is 2.46. The number of aryl methyl sites for hydroxylation is 1. The summed E-state index contributed by atoms with van der Waals surface area (Å²) in [6.07, 6.45) is 6.60. The number of terminal acetylenes is 1. The van der Waals surface area contributed by atoms with Gasteiger partial charge in [-0.1, -0.05) is 5.92 Å². The minimum atomic E-state index is -0.668. The maximum atomic E-state index is 10.7. The quantitative estimate of drug-likeness (QED) is 0.459. The van der Waals surface area contributed by atoms with Crippen LogP contribution >= 0.6 is 0 Å². The van der Waals surface area contributed by atoms with Crippen LogP contribution in [0, 0.1) is 22.5 Å². The van der Waals surface area contributed by atoms with Gasteiger partial charge >= 0.3 is 5.69 Å². The third-order valence-corrected chi connectivity index (χ3v) is 1.80. The zero-order valence-corrected chi connectivity index (χ0v) is 8.81. The summed E-state index contributed by atoms with van der Waals surface area (Å²) in [5.74, 6) is 2.67. The van der Waals surface area contributed by atoms with Gasteiger partial charge in [-0.25, -0.2) is 0 Å². The van der Waals surface area contributed by atoms with E-state index in [2.05, 4.69) is 16.3 Å². The molecule has 0 radical (unpaired) electrons. The Hall–Kier alpha value is -2.03. The van der Waals surface area contributed by atoms with Gasteiger partial charge in [0.25, 0.3) is 0 Å². The fourth-order valence-electron chi connectivity index (χ4n) is 1.03. The Balaban J connectivity index is 3.05. The molecule has 0 fully saturated rings. The van der Waals surface area contributed by atoms with Crippen LogP contribution in [0.2, 0.25) is 0 Å². The van der Waals surface area contributed by atoms with E-state index in [9.17, 15) is 10.1 Å². The standard InChI is InChI=1S/C9H12N4O2/c1-5-9(2,3)10-8-7(13(14)15)6-12(4)11-8/h1,6H,2-4H3,(H,10,11). The zero-order valence-electron chi connectivity index (χ0n) is 8.81. The van der Waals surface area contributed by atoms with Gasteiger partial charge in [0.05, 0.1) is 10.5 Å².